The van der Waals surface area contributed by atoms with Gasteiger partial charge >= 0.3 is 0 Å². The second kappa shape index (κ2) is 6.67. The van der Waals surface area contributed by atoms with Gasteiger partial charge in [0, 0.05) is 22.0 Å². The molecule has 0 aliphatic carbocycles. The van der Waals surface area contributed by atoms with Gasteiger partial charge in [-0.1, -0.05) is 30.0 Å². The summed E-state index contributed by atoms with van der Waals surface area (Å²) in [5, 5.41) is 1.79. The van der Waals surface area contributed by atoms with E-state index < -0.39 is 0 Å². The third-order valence-electron chi connectivity index (χ3n) is 5.01. The van der Waals surface area contributed by atoms with Crippen LogP contribution in [-0.2, 0) is 11.2 Å². The molecule has 6 heteroatoms. The van der Waals surface area contributed by atoms with Gasteiger partial charge in [-0.15, -0.1) is 11.3 Å². The summed E-state index contributed by atoms with van der Waals surface area (Å²) in [5.74, 6) is 0.142. The number of amides is 1. The molecular weight excluding hydrogens is 362 g/mol. The van der Waals surface area contributed by atoms with E-state index in [9.17, 15) is 4.79 Å². The van der Waals surface area contributed by atoms with Crippen molar-refractivity contribution in [2.24, 2.45) is 0 Å². The zero-order valence-electron chi connectivity index (χ0n) is 15.3. The summed E-state index contributed by atoms with van der Waals surface area (Å²) in [6.45, 7) is 8.30. The molecule has 2 atom stereocenters. The zero-order chi connectivity index (χ0) is 18.4. The highest BCUT2D eigenvalue weighted by Gasteiger charge is 2.33. The number of anilines is 1. The molecule has 0 fully saturated rings. The molecule has 0 radical (unpaired) electrons. The molecule has 1 aliphatic rings. The SMILES string of the molecule is Cc1sc2ncnc(SC(C)C(=O)N3c4ccccc4CC3C)c2c1C. The predicted octanol–water partition coefficient (Wildman–Crippen LogP) is 4.77. The summed E-state index contributed by atoms with van der Waals surface area (Å²) in [6, 6.07) is 8.39. The zero-order valence-corrected chi connectivity index (χ0v) is 16.9. The van der Waals surface area contributed by atoms with Crippen molar-refractivity contribution in [2.45, 2.75) is 50.4 Å². The lowest BCUT2D eigenvalue weighted by molar-refractivity contribution is -0.118. The Morgan fingerprint density at radius 1 is 1.31 bits per heavy atom. The average Bonchev–Trinajstić information content (AvgIpc) is 3.10. The van der Waals surface area contributed by atoms with Gasteiger partial charge in [0.05, 0.1) is 5.25 Å². The number of thioether (sulfide) groups is 1. The van der Waals surface area contributed by atoms with Crippen molar-refractivity contribution in [2.75, 3.05) is 4.90 Å². The highest BCUT2D eigenvalue weighted by molar-refractivity contribution is 8.00. The maximum atomic E-state index is 13.2. The largest absolute Gasteiger partial charge is 0.308 e. The van der Waals surface area contributed by atoms with Crippen LogP contribution in [0.25, 0.3) is 10.2 Å². The highest BCUT2D eigenvalue weighted by atomic mass is 32.2. The summed E-state index contributed by atoms with van der Waals surface area (Å²) in [7, 11) is 0. The Labute approximate surface area is 161 Å². The molecule has 3 aromatic rings. The maximum absolute atomic E-state index is 13.2. The Kier molecular flexibility index (Phi) is 4.49. The van der Waals surface area contributed by atoms with Gasteiger partial charge in [0.2, 0.25) is 5.91 Å². The molecule has 4 rings (SSSR count). The number of para-hydroxylation sites is 1. The third-order valence-corrected chi connectivity index (χ3v) is 7.21. The number of carbonyl (C=O) groups is 1. The summed E-state index contributed by atoms with van der Waals surface area (Å²) >= 11 is 3.22. The maximum Gasteiger partial charge on any atom is 0.240 e. The summed E-state index contributed by atoms with van der Waals surface area (Å²) in [6.07, 6.45) is 2.52. The molecule has 1 amide bonds. The van der Waals surface area contributed by atoms with Crippen molar-refractivity contribution >= 4 is 44.9 Å². The number of aromatic nitrogens is 2. The number of hydrogen-bond acceptors (Lipinski definition) is 5. The Bertz CT molecular complexity index is 998. The fraction of sp³-hybridized carbons (Fsp3) is 0.350. The van der Waals surface area contributed by atoms with Gasteiger partial charge in [0.15, 0.2) is 0 Å². The van der Waals surface area contributed by atoms with Crippen LogP contribution >= 0.6 is 23.1 Å². The number of fused-ring (bicyclic) bond motifs is 2. The minimum Gasteiger partial charge on any atom is -0.308 e. The van der Waals surface area contributed by atoms with E-state index in [0.717, 1.165) is 27.4 Å². The second-order valence-corrected chi connectivity index (χ2v) is 9.33. The standard InChI is InChI=1S/C20H21N3OS2/c1-11-9-15-7-5-6-8-16(15)23(11)20(24)14(4)26-19-17-12(2)13(3)25-18(17)21-10-22-19/h5-8,10-11,14H,9H2,1-4H3. The van der Waals surface area contributed by atoms with E-state index >= 15 is 0 Å². The van der Waals surface area contributed by atoms with Crippen molar-refractivity contribution in [1.29, 1.82) is 0 Å². The summed E-state index contributed by atoms with van der Waals surface area (Å²) in [4.78, 5) is 26.3. The molecule has 0 spiro atoms. The van der Waals surface area contributed by atoms with Gasteiger partial charge in [-0.25, -0.2) is 9.97 Å². The van der Waals surface area contributed by atoms with E-state index in [1.54, 1.807) is 17.7 Å². The van der Waals surface area contributed by atoms with Crippen LogP contribution in [0.1, 0.15) is 29.9 Å². The molecule has 3 heterocycles. The van der Waals surface area contributed by atoms with Gasteiger partial charge in [-0.05, 0) is 51.3 Å². The molecule has 0 saturated carbocycles. The summed E-state index contributed by atoms with van der Waals surface area (Å²) in [5.41, 5.74) is 3.51. The van der Waals surface area contributed by atoms with E-state index in [-0.39, 0.29) is 17.2 Å². The molecule has 4 nitrogen and oxygen atoms in total. The first-order chi connectivity index (χ1) is 12.5. The van der Waals surface area contributed by atoms with Gasteiger partial charge in [0.25, 0.3) is 0 Å². The van der Waals surface area contributed by atoms with Gasteiger partial charge < -0.3 is 4.90 Å². The molecule has 0 bridgehead atoms. The number of carbonyl (C=O) groups excluding carboxylic acids is 1. The van der Waals surface area contributed by atoms with Crippen LogP contribution in [0, 0.1) is 13.8 Å². The van der Waals surface area contributed by atoms with Gasteiger partial charge in [0.1, 0.15) is 16.2 Å². The fourth-order valence-corrected chi connectivity index (χ4v) is 5.64. The first kappa shape index (κ1) is 17.5. The molecule has 26 heavy (non-hydrogen) atoms. The Morgan fingerprint density at radius 2 is 2.08 bits per heavy atom. The number of rotatable bonds is 3. The third kappa shape index (κ3) is 2.81. The van der Waals surface area contributed by atoms with Crippen molar-refractivity contribution in [3.05, 3.63) is 46.6 Å². The lowest BCUT2D eigenvalue weighted by Gasteiger charge is -2.25. The van der Waals surface area contributed by atoms with Crippen molar-refractivity contribution < 1.29 is 4.79 Å². The number of benzene rings is 1. The first-order valence-corrected chi connectivity index (χ1v) is 10.4. The lowest BCUT2D eigenvalue weighted by Crippen LogP contribution is -2.40. The number of nitrogens with zero attached hydrogens (tertiary/aromatic N) is 3. The molecule has 1 aliphatic heterocycles. The molecular formula is C20H21N3OS2. The smallest absolute Gasteiger partial charge is 0.240 e. The van der Waals surface area contributed by atoms with Crippen LogP contribution in [0.5, 0.6) is 0 Å². The molecule has 0 N–H and O–H groups in total. The molecule has 2 aromatic heterocycles. The van der Waals surface area contributed by atoms with Crippen LogP contribution in [0.4, 0.5) is 5.69 Å². The summed E-state index contributed by atoms with van der Waals surface area (Å²) < 4.78 is 0. The molecule has 1 aromatic carbocycles. The van der Waals surface area contributed by atoms with E-state index in [0.29, 0.717) is 0 Å². The predicted molar refractivity (Wildman–Crippen MR) is 109 cm³/mol. The van der Waals surface area contributed by atoms with Crippen molar-refractivity contribution in [3.63, 3.8) is 0 Å². The fourth-order valence-electron chi connectivity index (χ4n) is 3.55. The Morgan fingerprint density at radius 3 is 2.88 bits per heavy atom. The average molecular weight is 384 g/mol. The van der Waals surface area contributed by atoms with E-state index in [4.69, 9.17) is 0 Å². The number of aryl methyl sites for hydroxylation is 2. The molecule has 2 unspecified atom stereocenters. The van der Waals surface area contributed by atoms with Crippen molar-refractivity contribution in [3.8, 4) is 0 Å². The minimum absolute atomic E-state index is 0.142. The van der Waals surface area contributed by atoms with Gasteiger partial charge in [-0.2, -0.15) is 0 Å². The van der Waals surface area contributed by atoms with Crippen LogP contribution in [0.3, 0.4) is 0 Å². The lowest BCUT2D eigenvalue weighted by atomic mass is 10.1. The quantitative estimate of drug-likeness (QED) is 0.483. The van der Waals surface area contributed by atoms with E-state index in [1.807, 2.05) is 30.0 Å². The van der Waals surface area contributed by atoms with Crippen LogP contribution in [0.2, 0.25) is 0 Å². The molecule has 134 valence electrons. The second-order valence-electron chi connectivity index (χ2n) is 6.79. The van der Waals surface area contributed by atoms with Crippen LogP contribution < -0.4 is 4.90 Å². The Balaban J connectivity index is 1.63. The highest BCUT2D eigenvalue weighted by Crippen LogP contribution is 2.38. The Hall–Kier alpha value is -1.92. The topological polar surface area (TPSA) is 46.1 Å². The van der Waals surface area contributed by atoms with Crippen molar-refractivity contribution in [1.82, 2.24) is 9.97 Å². The number of thiophene rings is 1. The molecule has 0 saturated heterocycles. The normalized spacial score (nSPS) is 17.5. The minimum atomic E-state index is -0.207. The van der Waals surface area contributed by atoms with Crippen LogP contribution in [-0.4, -0.2) is 27.2 Å². The van der Waals surface area contributed by atoms with E-state index in [1.165, 1.54) is 27.8 Å². The van der Waals surface area contributed by atoms with E-state index in [2.05, 4.69) is 36.8 Å². The number of hydrogen-bond donors (Lipinski definition) is 0. The monoisotopic (exact) mass is 383 g/mol. The van der Waals surface area contributed by atoms with Gasteiger partial charge in [-0.3, -0.25) is 4.79 Å². The first-order valence-electron chi connectivity index (χ1n) is 8.75. The van der Waals surface area contributed by atoms with Crippen LogP contribution in [0.15, 0.2) is 35.6 Å².